The third-order valence-electron chi connectivity index (χ3n) is 3.35. The maximum Gasteiger partial charge on any atom is 0.315 e. The van der Waals surface area contributed by atoms with Crippen molar-refractivity contribution in [3.63, 3.8) is 0 Å². The van der Waals surface area contributed by atoms with E-state index in [2.05, 4.69) is 27.1 Å². The summed E-state index contributed by atoms with van der Waals surface area (Å²) in [4.78, 5) is 11.8. The summed E-state index contributed by atoms with van der Waals surface area (Å²) in [7, 11) is 0. The Morgan fingerprint density at radius 3 is 2.73 bits per heavy atom. The molecule has 1 aromatic carbocycles. The van der Waals surface area contributed by atoms with Crippen molar-refractivity contribution in [2.75, 3.05) is 12.0 Å². The highest BCUT2D eigenvalue weighted by Crippen LogP contribution is 2.16. The molecular weight excluding hydrogens is 296 g/mol. The third-order valence-corrected chi connectivity index (χ3v) is 4.00. The highest BCUT2D eigenvalue weighted by Gasteiger charge is 2.06. The quantitative estimate of drug-likeness (QED) is 0.735. The van der Waals surface area contributed by atoms with E-state index in [4.69, 9.17) is 0 Å². The van der Waals surface area contributed by atoms with Crippen molar-refractivity contribution in [1.82, 2.24) is 20.8 Å². The first-order valence-electron chi connectivity index (χ1n) is 7.31. The van der Waals surface area contributed by atoms with Gasteiger partial charge in [-0.3, -0.25) is 5.10 Å². The summed E-state index contributed by atoms with van der Waals surface area (Å²) in [6.07, 6.45) is 4.78. The molecule has 2 amide bonds. The second kappa shape index (κ2) is 8.48. The summed E-state index contributed by atoms with van der Waals surface area (Å²) < 4.78 is 0. The molecule has 0 saturated carbocycles. The van der Waals surface area contributed by atoms with Gasteiger partial charge in [0.1, 0.15) is 0 Å². The number of hydrogen-bond acceptors (Lipinski definition) is 3. The fourth-order valence-corrected chi connectivity index (χ4v) is 2.63. The average molecular weight is 318 g/mol. The average Bonchev–Trinajstić information content (AvgIpc) is 3.06. The molecule has 0 aliphatic carbocycles. The lowest BCUT2D eigenvalue weighted by Crippen LogP contribution is -2.40. The van der Waals surface area contributed by atoms with Crippen molar-refractivity contribution >= 4 is 17.8 Å². The summed E-state index contributed by atoms with van der Waals surface area (Å²) in [5, 5.41) is 12.7. The molecule has 2 aromatic rings. The van der Waals surface area contributed by atoms with Gasteiger partial charge in [-0.2, -0.15) is 16.9 Å². The number of aromatic nitrogens is 2. The molecule has 118 valence electrons. The number of hydrogen-bond donors (Lipinski definition) is 3. The number of H-pyrrole nitrogens is 1. The van der Waals surface area contributed by atoms with E-state index in [9.17, 15) is 4.79 Å². The van der Waals surface area contributed by atoms with Crippen LogP contribution in [0.25, 0.3) is 11.3 Å². The van der Waals surface area contributed by atoms with E-state index in [1.54, 1.807) is 18.0 Å². The number of thioether (sulfide) groups is 1. The first kappa shape index (κ1) is 16.4. The summed E-state index contributed by atoms with van der Waals surface area (Å²) in [5.41, 5.74) is 3.13. The normalized spacial score (nSPS) is 11.9. The van der Waals surface area contributed by atoms with Crippen LogP contribution in [0.2, 0.25) is 0 Å². The fourth-order valence-electron chi connectivity index (χ4n) is 2.04. The van der Waals surface area contributed by atoms with E-state index in [1.165, 1.54) is 0 Å². The molecule has 5 nitrogen and oxygen atoms in total. The lowest BCUT2D eigenvalue weighted by Gasteiger charge is -2.14. The number of amides is 2. The van der Waals surface area contributed by atoms with Crippen LogP contribution in [0.15, 0.2) is 36.5 Å². The van der Waals surface area contributed by atoms with Crippen LogP contribution in [0, 0.1) is 0 Å². The topological polar surface area (TPSA) is 69.8 Å². The molecule has 3 N–H and O–H groups in total. The SMILES string of the molecule is CSCC[C@H](C)NC(=O)NCc1ccc(-c2ccn[nH]2)cc1. The van der Waals surface area contributed by atoms with Crippen molar-refractivity contribution in [2.45, 2.75) is 25.9 Å². The monoisotopic (exact) mass is 318 g/mol. The van der Waals surface area contributed by atoms with Crippen molar-refractivity contribution < 1.29 is 4.79 Å². The van der Waals surface area contributed by atoms with Gasteiger partial charge < -0.3 is 10.6 Å². The molecule has 0 bridgehead atoms. The second-order valence-corrected chi connectivity index (χ2v) is 6.16. The molecule has 22 heavy (non-hydrogen) atoms. The number of urea groups is 1. The molecule has 0 unspecified atom stereocenters. The van der Waals surface area contributed by atoms with Gasteiger partial charge >= 0.3 is 6.03 Å². The van der Waals surface area contributed by atoms with E-state index in [1.807, 2.05) is 37.3 Å². The van der Waals surface area contributed by atoms with E-state index in [-0.39, 0.29) is 12.1 Å². The fraction of sp³-hybridized carbons (Fsp3) is 0.375. The van der Waals surface area contributed by atoms with Crippen LogP contribution in [0.4, 0.5) is 4.79 Å². The van der Waals surface area contributed by atoms with Gasteiger partial charge in [0.2, 0.25) is 0 Å². The molecular formula is C16H22N4OS. The zero-order valence-corrected chi connectivity index (χ0v) is 13.7. The molecule has 1 aromatic heterocycles. The molecule has 2 rings (SSSR count). The van der Waals surface area contributed by atoms with Gasteiger partial charge in [-0.05, 0) is 42.5 Å². The Kier molecular flexibility index (Phi) is 6.33. The Hall–Kier alpha value is -1.95. The third kappa shape index (κ3) is 5.11. The lowest BCUT2D eigenvalue weighted by molar-refractivity contribution is 0.237. The maximum atomic E-state index is 11.8. The van der Waals surface area contributed by atoms with E-state index < -0.39 is 0 Å². The van der Waals surface area contributed by atoms with Gasteiger partial charge in [0.15, 0.2) is 0 Å². The van der Waals surface area contributed by atoms with E-state index in [0.29, 0.717) is 6.54 Å². The number of carbonyl (C=O) groups excluding carboxylic acids is 1. The van der Waals surface area contributed by atoms with Gasteiger partial charge in [0.05, 0.1) is 5.69 Å². The Morgan fingerprint density at radius 2 is 2.09 bits per heavy atom. The van der Waals surface area contributed by atoms with Crippen molar-refractivity contribution in [3.05, 3.63) is 42.1 Å². The lowest BCUT2D eigenvalue weighted by atomic mass is 10.1. The number of aromatic amines is 1. The molecule has 0 radical (unpaired) electrons. The predicted octanol–water partition coefficient (Wildman–Crippen LogP) is 3.02. The number of rotatable bonds is 7. The number of nitrogens with one attached hydrogen (secondary N) is 3. The molecule has 0 spiro atoms. The predicted molar refractivity (Wildman–Crippen MR) is 91.9 cm³/mol. The summed E-state index contributed by atoms with van der Waals surface area (Å²) in [6, 6.07) is 10.0. The van der Waals surface area contributed by atoms with Crippen molar-refractivity contribution in [3.8, 4) is 11.3 Å². The van der Waals surface area contributed by atoms with Crippen LogP contribution in [0.1, 0.15) is 18.9 Å². The maximum absolute atomic E-state index is 11.8. The molecule has 6 heteroatoms. The van der Waals surface area contributed by atoms with E-state index in [0.717, 1.165) is 29.0 Å². The van der Waals surface area contributed by atoms with E-state index >= 15 is 0 Å². The standard InChI is InChI=1S/C16H22N4OS/c1-12(8-10-22-2)19-16(21)17-11-13-3-5-14(6-4-13)15-7-9-18-20-15/h3-7,9,12H,8,10-11H2,1-2H3,(H,18,20)(H2,17,19,21)/t12-/m0/s1. The minimum absolute atomic E-state index is 0.119. The second-order valence-electron chi connectivity index (χ2n) is 5.18. The molecule has 1 heterocycles. The van der Waals surface area contributed by atoms with Crippen LogP contribution < -0.4 is 10.6 Å². The van der Waals surface area contributed by atoms with Crippen LogP contribution in [0.3, 0.4) is 0 Å². The minimum Gasteiger partial charge on any atom is -0.336 e. The highest BCUT2D eigenvalue weighted by atomic mass is 32.2. The summed E-state index contributed by atoms with van der Waals surface area (Å²) >= 11 is 1.79. The molecule has 0 fully saturated rings. The minimum atomic E-state index is -0.119. The summed E-state index contributed by atoms with van der Waals surface area (Å²) in [6.45, 7) is 2.54. The van der Waals surface area contributed by atoms with Crippen LogP contribution in [-0.4, -0.2) is 34.3 Å². The molecule has 0 aliphatic heterocycles. The summed E-state index contributed by atoms with van der Waals surface area (Å²) in [5.74, 6) is 1.05. The molecule has 0 saturated heterocycles. The number of nitrogens with zero attached hydrogens (tertiary/aromatic N) is 1. The van der Waals surface area contributed by atoms with Gasteiger partial charge in [0, 0.05) is 18.8 Å². The van der Waals surface area contributed by atoms with Gasteiger partial charge in [-0.15, -0.1) is 0 Å². The Morgan fingerprint density at radius 1 is 1.32 bits per heavy atom. The first-order valence-corrected chi connectivity index (χ1v) is 8.70. The Labute approximate surface area is 135 Å². The number of carbonyl (C=O) groups is 1. The smallest absolute Gasteiger partial charge is 0.315 e. The highest BCUT2D eigenvalue weighted by molar-refractivity contribution is 7.98. The van der Waals surface area contributed by atoms with Crippen molar-refractivity contribution in [1.29, 1.82) is 0 Å². The first-order chi connectivity index (χ1) is 10.7. The van der Waals surface area contributed by atoms with Crippen LogP contribution >= 0.6 is 11.8 Å². The largest absolute Gasteiger partial charge is 0.336 e. The zero-order chi connectivity index (χ0) is 15.8. The van der Waals surface area contributed by atoms with Gasteiger partial charge in [-0.1, -0.05) is 24.3 Å². The Balaban J connectivity index is 1.78. The molecule has 1 atom stereocenters. The van der Waals surface area contributed by atoms with Crippen LogP contribution in [0.5, 0.6) is 0 Å². The number of benzene rings is 1. The van der Waals surface area contributed by atoms with Crippen LogP contribution in [-0.2, 0) is 6.54 Å². The van der Waals surface area contributed by atoms with Gasteiger partial charge in [0.25, 0.3) is 0 Å². The molecule has 0 aliphatic rings. The van der Waals surface area contributed by atoms with Crippen molar-refractivity contribution in [2.24, 2.45) is 0 Å². The Bertz CT molecular complexity index is 568. The van der Waals surface area contributed by atoms with Gasteiger partial charge in [-0.25, -0.2) is 4.79 Å². The zero-order valence-electron chi connectivity index (χ0n) is 12.9.